The van der Waals surface area contributed by atoms with Crippen LogP contribution in [0.2, 0.25) is 0 Å². The molecule has 3 atom stereocenters. The number of likely N-dealkylation sites (tertiary alicyclic amines) is 1. The SMILES string of the molecule is CC(N)CCCCN1CC2CCCC2C1. The second-order valence-electron chi connectivity index (χ2n) is 5.68. The number of unbranched alkanes of at least 4 members (excludes halogenated alkanes) is 1. The van der Waals surface area contributed by atoms with Crippen molar-refractivity contribution in [3.05, 3.63) is 0 Å². The lowest BCUT2D eigenvalue weighted by atomic mass is 10.0. The summed E-state index contributed by atoms with van der Waals surface area (Å²) in [6, 6.07) is 0.392. The Labute approximate surface area is 94.2 Å². The fourth-order valence-electron chi connectivity index (χ4n) is 3.32. The molecule has 2 heteroatoms. The third-order valence-corrected chi connectivity index (χ3v) is 4.19. The third kappa shape index (κ3) is 3.18. The van der Waals surface area contributed by atoms with E-state index in [0.29, 0.717) is 6.04 Å². The minimum Gasteiger partial charge on any atom is -0.328 e. The summed E-state index contributed by atoms with van der Waals surface area (Å²) < 4.78 is 0. The van der Waals surface area contributed by atoms with E-state index in [4.69, 9.17) is 5.73 Å². The molecule has 1 aliphatic carbocycles. The first-order chi connectivity index (χ1) is 7.25. The van der Waals surface area contributed by atoms with Crippen molar-refractivity contribution in [1.29, 1.82) is 0 Å². The van der Waals surface area contributed by atoms with Crippen LogP contribution in [0.1, 0.15) is 45.4 Å². The van der Waals surface area contributed by atoms with Crippen LogP contribution in [0.15, 0.2) is 0 Å². The summed E-state index contributed by atoms with van der Waals surface area (Å²) in [5.74, 6) is 2.11. The maximum atomic E-state index is 5.75. The van der Waals surface area contributed by atoms with Gasteiger partial charge in [0.05, 0.1) is 0 Å². The molecule has 15 heavy (non-hydrogen) atoms. The summed E-state index contributed by atoms with van der Waals surface area (Å²) >= 11 is 0. The van der Waals surface area contributed by atoms with E-state index in [1.165, 1.54) is 58.2 Å². The van der Waals surface area contributed by atoms with Gasteiger partial charge in [-0.05, 0) is 51.0 Å². The van der Waals surface area contributed by atoms with Gasteiger partial charge in [0, 0.05) is 19.1 Å². The van der Waals surface area contributed by atoms with E-state index in [-0.39, 0.29) is 0 Å². The van der Waals surface area contributed by atoms with Crippen molar-refractivity contribution in [3.8, 4) is 0 Å². The quantitative estimate of drug-likeness (QED) is 0.705. The molecular formula is C13H26N2. The fraction of sp³-hybridized carbons (Fsp3) is 1.00. The lowest BCUT2D eigenvalue weighted by Gasteiger charge is -2.16. The molecule has 2 nitrogen and oxygen atoms in total. The lowest BCUT2D eigenvalue weighted by molar-refractivity contribution is 0.302. The third-order valence-electron chi connectivity index (χ3n) is 4.19. The van der Waals surface area contributed by atoms with Gasteiger partial charge in [-0.25, -0.2) is 0 Å². The smallest absolute Gasteiger partial charge is 0.00129 e. The predicted octanol–water partition coefficient (Wildman–Crippen LogP) is 2.24. The van der Waals surface area contributed by atoms with Crippen LogP contribution >= 0.6 is 0 Å². The molecule has 2 aliphatic rings. The molecule has 2 rings (SSSR count). The normalized spacial score (nSPS) is 33.2. The first kappa shape index (κ1) is 11.4. The Bertz CT molecular complexity index is 179. The highest BCUT2D eigenvalue weighted by molar-refractivity contribution is 4.88. The molecular weight excluding hydrogens is 184 g/mol. The van der Waals surface area contributed by atoms with Crippen LogP contribution in [0.4, 0.5) is 0 Å². The van der Waals surface area contributed by atoms with Gasteiger partial charge < -0.3 is 10.6 Å². The van der Waals surface area contributed by atoms with Crippen LogP contribution in [0.25, 0.3) is 0 Å². The Morgan fingerprint density at radius 1 is 1.20 bits per heavy atom. The van der Waals surface area contributed by atoms with Crippen molar-refractivity contribution < 1.29 is 0 Å². The van der Waals surface area contributed by atoms with Gasteiger partial charge in [0.2, 0.25) is 0 Å². The first-order valence-electron chi connectivity index (χ1n) is 6.73. The van der Waals surface area contributed by atoms with Crippen molar-refractivity contribution in [3.63, 3.8) is 0 Å². The summed E-state index contributed by atoms with van der Waals surface area (Å²) in [6.07, 6.45) is 8.35. The van der Waals surface area contributed by atoms with E-state index in [1.807, 2.05) is 0 Å². The summed E-state index contributed by atoms with van der Waals surface area (Å²) in [5.41, 5.74) is 5.75. The summed E-state index contributed by atoms with van der Waals surface area (Å²) in [6.45, 7) is 6.21. The zero-order valence-electron chi connectivity index (χ0n) is 10.1. The molecule has 3 unspecified atom stereocenters. The molecule has 2 fully saturated rings. The van der Waals surface area contributed by atoms with Gasteiger partial charge >= 0.3 is 0 Å². The molecule has 0 amide bonds. The lowest BCUT2D eigenvalue weighted by Crippen LogP contribution is -2.23. The fourth-order valence-corrected chi connectivity index (χ4v) is 3.32. The van der Waals surface area contributed by atoms with E-state index in [9.17, 15) is 0 Å². The highest BCUT2D eigenvalue weighted by Crippen LogP contribution is 2.37. The molecule has 88 valence electrons. The van der Waals surface area contributed by atoms with Gasteiger partial charge in [-0.3, -0.25) is 0 Å². The van der Waals surface area contributed by atoms with Crippen LogP contribution in [0, 0.1) is 11.8 Å². The van der Waals surface area contributed by atoms with Crippen LogP contribution in [-0.4, -0.2) is 30.6 Å². The number of rotatable bonds is 5. The van der Waals surface area contributed by atoms with Gasteiger partial charge in [-0.15, -0.1) is 0 Å². The second kappa shape index (κ2) is 5.31. The minimum atomic E-state index is 0.392. The highest BCUT2D eigenvalue weighted by Gasteiger charge is 2.35. The van der Waals surface area contributed by atoms with E-state index in [0.717, 1.165) is 11.8 Å². The largest absolute Gasteiger partial charge is 0.328 e. The maximum Gasteiger partial charge on any atom is 0.00129 e. The van der Waals surface area contributed by atoms with Crippen molar-refractivity contribution >= 4 is 0 Å². The molecule has 1 heterocycles. The number of nitrogens with zero attached hydrogens (tertiary/aromatic N) is 1. The average molecular weight is 210 g/mol. The topological polar surface area (TPSA) is 29.3 Å². The Kier molecular flexibility index (Phi) is 4.04. The Hall–Kier alpha value is -0.0800. The molecule has 0 aromatic rings. The van der Waals surface area contributed by atoms with E-state index < -0.39 is 0 Å². The number of nitrogens with two attached hydrogens (primary N) is 1. The monoisotopic (exact) mass is 210 g/mol. The van der Waals surface area contributed by atoms with Gasteiger partial charge in [0.25, 0.3) is 0 Å². The number of hydrogen-bond acceptors (Lipinski definition) is 2. The summed E-state index contributed by atoms with van der Waals surface area (Å²) in [5, 5.41) is 0. The molecule has 0 radical (unpaired) electrons. The zero-order chi connectivity index (χ0) is 10.7. The molecule has 0 spiro atoms. The molecule has 2 N–H and O–H groups in total. The number of hydrogen-bond donors (Lipinski definition) is 1. The Balaban J connectivity index is 1.57. The van der Waals surface area contributed by atoms with Gasteiger partial charge in [0.15, 0.2) is 0 Å². The minimum absolute atomic E-state index is 0.392. The van der Waals surface area contributed by atoms with Gasteiger partial charge in [-0.1, -0.05) is 12.8 Å². The van der Waals surface area contributed by atoms with E-state index in [1.54, 1.807) is 0 Å². The highest BCUT2D eigenvalue weighted by atomic mass is 15.2. The number of fused-ring (bicyclic) bond motifs is 1. The van der Waals surface area contributed by atoms with Crippen molar-refractivity contribution in [2.24, 2.45) is 17.6 Å². The average Bonchev–Trinajstić information content (AvgIpc) is 2.71. The standard InChI is InChI=1S/C13H26N2/c1-11(14)5-2-3-8-15-9-12-6-4-7-13(12)10-15/h11-13H,2-10,14H2,1H3. The summed E-state index contributed by atoms with van der Waals surface area (Å²) in [4.78, 5) is 2.69. The van der Waals surface area contributed by atoms with Crippen LogP contribution in [0.3, 0.4) is 0 Å². The van der Waals surface area contributed by atoms with Crippen molar-refractivity contribution in [2.75, 3.05) is 19.6 Å². The van der Waals surface area contributed by atoms with Crippen molar-refractivity contribution in [2.45, 2.75) is 51.5 Å². The van der Waals surface area contributed by atoms with Crippen LogP contribution in [-0.2, 0) is 0 Å². The molecule has 1 saturated carbocycles. The molecule has 0 aromatic heterocycles. The van der Waals surface area contributed by atoms with Gasteiger partial charge in [0.1, 0.15) is 0 Å². The Morgan fingerprint density at radius 3 is 2.47 bits per heavy atom. The van der Waals surface area contributed by atoms with Crippen molar-refractivity contribution in [1.82, 2.24) is 4.90 Å². The molecule has 1 aliphatic heterocycles. The second-order valence-corrected chi connectivity index (χ2v) is 5.68. The van der Waals surface area contributed by atoms with E-state index >= 15 is 0 Å². The van der Waals surface area contributed by atoms with Crippen LogP contribution in [0.5, 0.6) is 0 Å². The van der Waals surface area contributed by atoms with Gasteiger partial charge in [-0.2, -0.15) is 0 Å². The molecule has 0 bridgehead atoms. The first-order valence-corrected chi connectivity index (χ1v) is 6.73. The Morgan fingerprint density at radius 2 is 1.87 bits per heavy atom. The summed E-state index contributed by atoms with van der Waals surface area (Å²) in [7, 11) is 0. The molecule has 0 aromatic carbocycles. The maximum absolute atomic E-state index is 5.75. The molecule has 1 saturated heterocycles. The zero-order valence-corrected chi connectivity index (χ0v) is 10.1. The van der Waals surface area contributed by atoms with Crippen LogP contribution < -0.4 is 5.73 Å². The van der Waals surface area contributed by atoms with E-state index in [2.05, 4.69) is 11.8 Å². The predicted molar refractivity (Wildman–Crippen MR) is 64.8 cm³/mol.